The van der Waals surface area contributed by atoms with Gasteiger partial charge in [-0.05, 0) is 45.2 Å². The number of amides is 1. The van der Waals surface area contributed by atoms with E-state index in [1.165, 1.54) is 0 Å². The summed E-state index contributed by atoms with van der Waals surface area (Å²) in [6.07, 6.45) is 5.26. The van der Waals surface area contributed by atoms with Gasteiger partial charge in [-0.15, -0.1) is 0 Å². The van der Waals surface area contributed by atoms with E-state index in [1.54, 1.807) is 6.20 Å². The number of aromatic nitrogens is 4. The van der Waals surface area contributed by atoms with Crippen molar-refractivity contribution in [3.05, 3.63) is 53.6 Å². The van der Waals surface area contributed by atoms with Crippen molar-refractivity contribution in [3.63, 3.8) is 0 Å². The van der Waals surface area contributed by atoms with Gasteiger partial charge in [-0.2, -0.15) is 10.1 Å². The molecule has 1 aromatic carbocycles. The van der Waals surface area contributed by atoms with Crippen molar-refractivity contribution in [2.75, 3.05) is 6.54 Å². The fourth-order valence-corrected chi connectivity index (χ4v) is 3.88. The van der Waals surface area contributed by atoms with E-state index in [0.29, 0.717) is 23.7 Å². The van der Waals surface area contributed by atoms with Gasteiger partial charge in [-0.25, -0.2) is 0 Å². The van der Waals surface area contributed by atoms with E-state index in [9.17, 15) is 4.79 Å². The fraction of sp³-hybridized carbons (Fsp3) is 0.429. The Hall–Kier alpha value is -2.96. The predicted octanol–water partition coefficient (Wildman–Crippen LogP) is 3.50. The molecule has 3 aromatic rings. The normalized spacial score (nSPS) is 16.6. The van der Waals surface area contributed by atoms with Crippen LogP contribution >= 0.6 is 0 Å². The maximum absolute atomic E-state index is 13.0. The molecule has 146 valence electrons. The number of aryl methyl sites for hydroxylation is 2. The van der Waals surface area contributed by atoms with Gasteiger partial charge < -0.3 is 9.42 Å². The number of nitrogens with zero attached hydrogens (tertiary/aromatic N) is 5. The minimum absolute atomic E-state index is 0.0813. The molecule has 7 heteroatoms. The van der Waals surface area contributed by atoms with Crippen molar-refractivity contribution in [3.8, 4) is 11.5 Å². The van der Waals surface area contributed by atoms with Crippen LogP contribution in [-0.4, -0.2) is 43.3 Å². The summed E-state index contributed by atoms with van der Waals surface area (Å²) < 4.78 is 7.25. The third-order valence-corrected chi connectivity index (χ3v) is 5.46. The van der Waals surface area contributed by atoms with Gasteiger partial charge in [-0.3, -0.25) is 9.48 Å². The topological polar surface area (TPSA) is 77.0 Å². The Labute approximate surface area is 164 Å². The summed E-state index contributed by atoms with van der Waals surface area (Å²) in [6, 6.07) is 9.96. The molecule has 0 radical (unpaired) electrons. The Bertz CT molecular complexity index is 947. The number of carbonyl (C=O) groups excluding carboxylic acids is 1. The third kappa shape index (κ3) is 3.56. The van der Waals surface area contributed by atoms with Crippen LogP contribution in [0.25, 0.3) is 11.5 Å². The van der Waals surface area contributed by atoms with Crippen molar-refractivity contribution < 1.29 is 9.32 Å². The molecule has 0 spiro atoms. The lowest BCUT2D eigenvalue weighted by molar-refractivity contribution is 0.0729. The molecule has 1 unspecified atom stereocenters. The van der Waals surface area contributed by atoms with Crippen LogP contribution in [0.1, 0.15) is 48.1 Å². The first-order chi connectivity index (χ1) is 13.7. The van der Waals surface area contributed by atoms with Gasteiger partial charge in [0.2, 0.25) is 0 Å². The monoisotopic (exact) mass is 379 g/mol. The van der Waals surface area contributed by atoms with E-state index in [-0.39, 0.29) is 11.9 Å². The molecule has 7 nitrogen and oxygen atoms in total. The molecule has 2 aromatic heterocycles. The summed E-state index contributed by atoms with van der Waals surface area (Å²) in [7, 11) is 0. The van der Waals surface area contributed by atoms with E-state index in [1.807, 2.05) is 53.8 Å². The first-order valence-electron chi connectivity index (χ1n) is 9.88. The second kappa shape index (κ2) is 7.96. The highest BCUT2D eigenvalue weighted by atomic mass is 16.5. The van der Waals surface area contributed by atoms with Gasteiger partial charge in [0.1, 0.15) is 0 Å². The zero-order chi connectivity index (χ0) is 19.5. The molecule has 1 aliphatic heterocycles. The Balaban J connectivity index is 1.41. The van der Waals surface area contributed by atoms with Crippen LogP contribution in [0.4, 0.5) is 0 Å². The fourth-order valence-electron chi connectivity index (χ4n) is 3.88. The third-order valence-electron chi connectivity index (χ3n) is 5.46. The number of benzene rings is 1. The summed E-state index contributed by atoms with van der Waals surface area (Å²) in [5, 5.41) is 8.42. The molecule has 0 saturated carbocycles. The standard InChI is InChI=1S/C21H25N5O2/c1-3-26-15(2)18(14-22-26)21(27)25-13-7-10-17(25)11-12-19-23-20(28-24-19)16-8-5-4-6-9-16/h4-6,8-9,14,17H,3,7,10-13H2,1-2H3. The summed E-state index contributed by atoms with van der Waals surface area (Å²) >= 11 is 0. The Morgan fingerprint density at radius 2 is 2.11 bits per heavy atom. The minimum atomic E-state index is 0.0813. The molecule has 1 amide bonds. The minimum Gasteiger partial charge on any atom is -0.336 e. The SMILES string of the molecule is CCn1ncc(C(=O)N2CCCC2CCc2noc(-c3ccccc3)n2)c1C. The molecule has 3 heterocycles. The smallest absolute Gasteiger partial charge is 0.257 e. The van der Waals surface area contributed by atoms with E-state index >= 15 is 0 Å². The van der Waals surface area contributed by atoms with Gasteiger partial charge in [0.05, 0.1) is 11.8 Å². The molecule has 1 aliphatic rings. The first-order valence-corrected chi connectivity index (χ1v) is 9.88. The van der Waals surface area contributed by atoms with Crippen LogP contribution in [0.2, 0.25) is 0 Å². The van der Waals surface area contributed by atoms with Gasteiger partial charge in [0.25, 0.3) is 11.8 Å². The van der Waals surface area contributed by atoms with Crippen molar-refractivity contribution in [2.45, 2.75) is 52.1 Å². The van der Waals surface area contributed by atoms with Crippen LogP contribution in [0.15, 0.2) is 41.1 Å². The molecule has 28 heavy (non-hydrogen) atoms. The quantitative estimate of drug-likeness (QED) is 0.655. The first kappa shape index (κ1) is 18.4. The summed E-state index contributed by atoms with van der Waals surface area (Å²) in [4.78, 5) is 19.5. The van der Waals surface area contributed by atoms with Gasteiger partial charge in [0, 0.05) is 36.8 Å². The van der Waals surface area contributed by atoms with Gasteiger partial charge in [-0.1, -0.05) is 23.4 Å². The van der Waals surface area contributed by atoms with E-state index in [2.05, 4.69) is 15.2 Å². The lowest BCUT2D eigenvalue weighted by Gasteiger charge is -2.24. The van der Waals surface area contributed by atoms with Crippen molar-refractivity contribution in [1.29, 1.82) is 0 Å². The number of carbonyl (C=O) groups is 1. The molecule has 1 saturated heterocycles. The molecule has 4 rings (SSSR count). The summed E-state index contributed by atoms with van der Waals surface area (Å²) in [5.41, 5.74) is 2.56. The number of likely N-dealkylation sites (tertiary alicyclic amines) is 1. The summed E-state index contributed by atoms with van der Waals surface area (Å²) in [5.74, 6) is 1.31. The second-order valence-corrected chi connectivity index (χ2v) is 7.17. The van der Waals surface area contributed by atoms with E-state index < -0.39 is 0 Å². The van der Waals surface area contributed by atoms with Crippen LogP contribution in [0.3, 0.4) is 0 Å². The zero-order valence-electron chi connectivity index (χ0n) is 16.3. The number of rotatable bonds is 6. The molecule has 0 aliphatic carbocycles. The van der Waals surface area contributed by atoms with Crippen LogP contribution in [0, 0.1) is 6.92 Å². The zero-order valence-corrected chi connectivity index (χ0v) is 16.3. The highest BCUT2D eigenvalue weighted by Gasteiger charge is 2.31. The molecule has 0 bridgehead atoms. The number of hydrogen-bond donors (Lipinski definition) is 0. The molecular formula is C21H25N5O2. The largest absolute Gasteiger partial charge is 0.336 e. The molecule has 1 atom stereocenters. The lowest BCUT2D eigenvalue weighted by Crippen LogP contribution is -2.36. The van der Waals surface area contributed by atoms with Crippen molar-refractivity contribution in [2.24, 2.45) is 0 Å². The molecular weight excluding hydrogens is 354 g/mol. The Morgan fingerprint density at radius 3 is 2.86 bits per heavy atom. The average Bonchev–Trinajstić information content (AvgIpc) is 3.46. The Morgan fingerprint density at radius 1 is 1.29 bits per heavy atom. The van der Waals surface area contributed by atoms with Crippen LogP contribution < -0.4 is 0 Å². The summed E-state index contributed by atoms with van der Waals surface area (Å²) in [6.45, 7) is 5.55. The predicted molar refractivity (Wildman–Crippen MR) is 105 cm³/mol. The second-order valence-electron chi connectivity index (χ2n) is 7.17. The van der Waals surface area contributed by atoms with Crippen LogP contribution in [-0.2, 0) is 13.0 Å². The maximum atomic E-state index is 13.0. The number of hydrogen-bond acceptors (Lipinski definition) is 5. The van der Waals surface area contributed by atoms with E-state index in [0.717, 1.165) is 43.6 Å². The maximum Gasteiger partial charge on any atom is 0.257 e. The Kier molecular flexibility index (Phi) is 5.23. The van der Waals surface area contributed by atoms with Crippen molar-refractivity contribution in [1.82, 2.24) is 24.8 Å². The van der Waals surface area contributed by atoms with E-state index in [4.69, 9.17) is 4.52 Å². The average molecular weight is 379 g/mol. The van der Waals surface area contributed by atoms with Gasteiger partial charge >= 0.3 is 0 Å². The molecule has 1 fully saturated rings. The lowest BCUT2D eigenvalue weighted by atomic mass is 10.1. The van der Waals surface area contributed by atoms with Gasteiger partial charge in [0.15, 0.2) is 5.82 Å². The molecule has 0 N–H and O–H groups in total. The highest BCUT2D eigenvalue weighted by molar-refractivity contribution is 5.95. The van der Waals surface area contributed by atoms with Crippen LogP contribution in [0.5, 0.6) is 0 Å². The van der Waals surface area contributed by atoms with Crippen molar-refractivity contribution >= 4 is 5.91 Å². The highest BCUT2D eigenvalue weighted by Crippen LogP contribution is 2.25.